The van der Waals surface area contributed by atoms with E-state index in [1.54, 1.807) is 0 Å². The predicted molar refractivity (Wildman–Crippen MR) is 70.8 cm³/mol. The van der Waals surface area contributed by atoms with Gasteiger partial charge in [-0.15, -0.1) is 0 Å². The second-order valence-corrected chi connectivity index (χ2v) is 5.73. The van der Waals surface area contributed by atoms with E-state index in [0.717, 1.165) is 12.8 Å². The number of ether oxygens (including phenoxy) is 1. The molecule has 0 saturated heterocycles. The zero-order valence-corrected chi connectivity index (χ0v) is 11.9. The van der Waals surface area contributed by atoms with Gasteiger partial charge >= 0.3 is 5.97 Å². The second-order valence-electron chi connectivity index (χ2n) is 5.73. The first-order valence-electron chi connectivity index (χ1n) is 7.26. The summed E-state index contributed by atoms with van der Waals surface area (Å²) in [6, 6.07) is 0. The maximum atomic E-state index is 12.0. The first kappa shape index (κ1) is 14.5. The molecule has 0 aliphatic heterocycles. The van der Waals surface area contributed by atoms with Crippen molar-refractivity contribution < 1.29 is 9.53 Å². The van der Waals surface area contributed by atoms with E-state index in [1.807, 2.05) is 13.8 Å². The van der Waals surface area contributed by atoms with E-state index in [2.05, 4.69) is 13.8 Å². The maximum Gasteiger partial charge on any atom is 0.309 e. The van der Waals surface area contributed by atoms with E-state index in [-0.39, 0.29) is 17.5 Å². The van der Waals surface area contributed by atoms with Crippen molar-refractivity contribution in [3.63, 3.8) is 0 Å². The van der Waals surface area contributed by atoms with Crippen LogP contribution in [0.1, 0.15) is 72.6 Å². The Bertz CT molecular complexity index is 243. The molecule has 1 rings (SSSR count). The van der Waals surface area contributed by atoms with Gasteiger partial charge in [0.05, 0.1) is 5.92 Å². The quantitative estimate of drug-likeness (QED) is 0.669. The number of carbonyl (C=O) groups is 1. The molecule has 0 heterocycles. The first-order valence-corrected chi connectivity index (χ1v) is 7.26. The summed E-state index contributed by atoms with van der Waals surface area (Å²) in [7, 11) is 0. The summed E-state index contributed by atoms with van der Waals surface area (Å²) in [5, 5.41) is 0. The number of hydrogen-bond acceptors (Lipinski definition) is 2. The average molecular weight is 240 g/mol. The lowest BCUT2D eigenvalue weighted by atomic mass is 9.76. The molecular weight excluding hydrogens is 212 g/mol. The van der Waals surface area contributed by atoms with Gasteiger partial charge in [0.15, 0.2) is 0 Å². The molecule has 1 aliphatic carbocycles. The van der Waals surface area contributed by atoms with Gasteiger partial charge in [0.1, 0.15) is 5.60 Å². The largest absolute Gasteiger partial charge is 0.459 e. The second kappa shape index (κ2) is 6.42. The molecule has 0 amide bonds. The van der Waals surface area contributed by atoms with Crippen LogP contribution in [0.3, 0.4) is 0 Å². The SMILES string of the molecule is CCC(C)C(=O)OC(C)(CC)C1CCCCC1. The Morgan fingerprint density at radius 2 is 1.88 bits per heavy atom. The molecule has 0 N–H and O–H groups in total. The minimum absolute atomic E-state index is 0.0116. The van der Waals surface area contributed by atoms with Crippen LogP contribution < -0.4 is 0 Å². The van der Waals surface area contributed by atoms with Gasteiger partial charge in [-0.2, -0.15) is 0 Å². The first-order chi connectivity index (χ1) is 8.03. The third-order valence-electron chi connectivity index (χ3n) is 4.52. The molecule has 2 heteroatoms. The van der Waals surface area contributed by atoms with Gasteiger partial charge in [0, 0.05) is 0 Å². The molecule has 2 unspecified atom stereocenters. The monoisotopic (exact) mass is 240 g/mol. The lowest BCUT2D eigenvalue weighted by Crippen LogP contribution is -2.41. The highest BCUT2D eigenvalue weighted by Crippen LogP contribution is 2.37. The van der Waals surface area contributed by atoms with Gasteiger partial charge in [0.25, 0.3) is 0 Å². The van der Waals surface area contributed by atoms with Crippen LogP contribution in [0.5, 0.6) is 0 Å². The van der Waals surface area contributed by atoms with E-state index in [4.69, 9.17) is 4.74 Å². The Morgan fingerprint density at radius 1 is 1.29 bits per heavy atom. The van der Waals surface area contributed by atoms with Crippen LogP contribution in [-0.4, -0.2) is 11.6 Å². The van der Waals surface area contributed by atoms with Crippen molar-refractivity contribution in [2.45, 2.75) is 78.2 Å². The molecular formula is C15H28O2. The van der Waals surface area contributed by atoms with Crippen LogP contribution in [0.4, 0.5) is 0 Å². The van der Waals surface area contributed by atoms with Crippen LogP contribution in [0.2, 0.25) is 0 Å². The topological polar surface area (TPSA) is 26.3 Å². The molecule has 0 aromatic rings. The van der Waals surface area contributed by atoms with E-state index < -0.39 is 0 Å². The van der Waals surface area contributed by atoms with Crippen molar-refractivity contribution >= 4 is 5.97 Å². The smallest absolute Gasteiger partial charge is 0.309 e. The highest BCUT2D eigenvalue weighted by atomic mass is 16.6. The Morgan fingerprint density at radius 3 is 2.35 bits per heavy atom. The Labute approximate surface area is 106 Å². The Balaban J connectivity index is 2.63. The summed E-state index contributed by atoms with van der Waals surface area (Å²) in [6.45, 7) is 8.26. The number of hydrogen-bond donors (Lipinski definition) is 0. The summed E-state index contributed by atoms with van der Waals surface area (Å²) in [6.07, 6.45) is 8.16. The van der Waals surface area contributed by atoms with Gasteiger partial charge in [0.2, 0.25) is 0 Å². The molecule has 1 saturated carbocycles. The molecule has 0 aromatic heterocycles. The fraction of sp³-hybridized carbons (Fsp3) is 0.933. The van der Waals surface area contributed by atoms with Gasteiger partial charge in [-0.25, -0.2) is 0 Å². The Hall–Kier alpha value is -0.530. The van der Waals surface area contributed by atoms with Gasteiger partial charge in [-0.3, -0.25) is 4.79 Å². The van der Waals surface area contributed by atoms with Crippen molar-refractivity contribution in [1.82, 2.24) is 0 Å². The van der Waals surface area contributed by atoms with Crippen molar-refractivity contribution in [2.75, 3.05) is 0 Å². The van der Waals surface area contributed by atoms with Gasteiger partial charge < -0.3 is 4.74 Å². The molecule has 0 bridgehead atoms. The molecule has 0 aromatic carbocycles. The van der Waals surface area contributed by atoms with E-state index >= 15 is 0 Å². The number of rotatable bonds is 5. The maximum absolute atomic E-state index is 12.0. The fourth-order valence-corrected chi connectivity index (χ4v) is 2.65. The van der Waals surface area contributed by atoms with Crippen molar-refractivity contribution in [3.8, 4) is 0 Å². The minimum atomic E-state index is -0.235. The lowest BCUT2D eigenvalue weighted by Gasteiger charge is -2.39. The standard InChI is InChI=1S/C15H28O2/c1-5-12(3)14(16)17-15(4,6-2)13-10-8-7-9-11-13/h12-13H,5-11H2,1-4H3. The average Bonchev–Trinajstić information content (AvgIpc) is 2.38. The molecule has 100 valence electrons. The fourth-order valence-electron chi connectivity index (χ4n) is 2.65. The summed E-state index contributed by atoms with van der Waals surface area (Å²) in [5.74, 6) is 0.584. The third kappa shape index (κ3) is 3.72. The molecule has 2 nitrogen and oxygen atoms in total. The summed E-state index contributed by atoms with van der Waals surface area (Å²) in [5.41, 5.74) is -0.235. The van der Waals surface area contributed by atoms with Crippen LogP contribution in [0, 0.1) is 11.8 Å². The third-order valence-corrected chi connectivity index (χ3v) is 4.52. The summed E-state index contributed by atoms with van der Waals surface area (Å²) >= 11 is 0. The van der Waals surface area contributed by atoms with Crippen LogP contribution in [-0.2, 0) is 9.53 Å². The zero-order valence-electron chi connectivity index (χ0n) is 11.9. The zero-order chi connectivity index (χ0) is 12.9. The van der Waals surface area contributed by atoms with Crippen LogP contribution in [0.25, 0.3) is 0 Å². The highest BCUT2D eigenvalue weighted by molar-refractivity contribution is 5.72. The van der Waals surface area contributed by atoms with Crippen molar-refractivity contribution in [3.05, 3.63) is 0 Å². The predicted octanol–water partition coefficient (Wildman–Crippen LogP) is 4.32. The molecule has 0 spiro atoms. The molecule has 2 atom stereocenters. The summed E-state index contributed by atoms with van der Waals surface area (Å²) in [4.78, 5) is 12.0. The molecule has 1 fully saturated rings. The van der Waals surface area contributed by atoms with E-state index in [9.17, 15) is 4.79 Å². The van der Waals surface area contributed by atoms with Crippen molar-refractivity contribution in [2.24, 2.45) is 11.8 Å². The summed E-state index contributed by atoms with van der Waals surface area (Å²) < 4.78 is 5.84. The minimum Gasteiger partial charge on any atom is -0.459 e. The normalized spacial score (nSPS) is 22.8. The van der Waals surface area contributed by atoms with Crippen LogP contribution in [0.15, 0.2) is 0 Å². The molecule has 17 heavy (non-hydrogen) atoms. The Kier molecular flexibility index (Phi) is 5.48. The lowest BCUT2D eigenvalue weighted by molar-refractivity contribution is -0.170. The van der Waals surface area contributed by atoms with Gasteiger partial charge in [-0.1, -0.05) is 40.0 Å². The number of esters is 1. The van der Waals surface area contributed by atoms with Crippen LogP contribution >= 0.6 is 0 Å². The molecule has 0 radical (unpaired) electrons. The van der Waals surface area contributed by atoms with Crippen molar-refractivity contribution in [1.29, 1.82) is 0 Å². The van der Waals surface area contributed by atoms with Gasteiger partial charge in [-0.05, 0) is 38.5 Å². The number of carbonyl (C=O) groups excluding carboxylic acids is 1. The van der Waals surface area contributed by atoms with E-state index in [1.165, 1.54) is 32.1 Å². The highest BCUT2D eigenvalue weighted by Gasteiger charge is 2.37. The molecule has 1 aliphatic rings. The van der Waals surface area contributed by atoms with E-state index in [0.29, 0.717) is 5.92 Å².